The Morgan fingerprint density at radius 2 is 0.579 bits per heavy atom. The van der Waals surface area contributed by atoms with Gasteiger partial charge < -0.3 is 13.7 Å². The molecule has 0 aliphatic carbocycles. The highest BCUT2D eigenvalue weighted by molar-refractivity contribution is 6.19. The molecule has 12 rings (SSSR count). The molecule has 57 heavy (non-hydrogen) atoms. The van der Waals surface area contributed by atoms with Crippen LogP contribution in [0.2, 0.25) is 0 Å². The summed E-state index contributed by atoms with van der Waals surface area (Å²) in [7, 11) is 0. The first-order valence-electron chi connectivity index (χ1n) is 19.6. The second-order valence-electron chi connectivity index (χ2n) is 15.0. The number of rotatable bonds is 5. The third kappa shape index (κ3) is 4.86. The Hall–Kier alpha value is -7.62. The van der Waals surface area contributed by atoms with Gasteiger partial charge in [0, 0.05) is 49.4 Å². The van der Waals surface area contributed by atoms with Crippen LogP contribution in [-0.2, 0) is 0 Å². The van der Waals surface area contributed by atoms with Crippen molar-refractivity contribution in [1.29, 1.82) is 0 Å². The summed E-state index contributed by atoms with van der Waals surface area (Å²) in [4.78, 5) is 0. The van der Waals surface area contributed by atoms with Crippen LogP contribution in [-0.4, -0.2) is 13.7 Å². The van der Waals surface area contributed by atoms with Crippen molar-refractivity contribution in [2.24, 2.45) is 0 Å². The molecule has 0 saturated carbocycles. The van der Waals surface area contributed by atoms with Gasteiger partial charge in [-0.3, -0.25) is 0 Å². The molecule has 3 aromatic heterocycles. The van der Waals surface area contributed by atoms with Gasteiger partial charge in [-0.25, -0.2) is 0 Å². The van der Waals surface area contributed by atoms with Gasteiger partial charge in [0.25, 0.3) is 0 Å². The lowest BCUT2D eigenvalue weighted by Gasteiger charge is -2.12. The van der Waals surface area contributed by atoms with Crippen molar-refractivity contribution in [2.45, 2.75) is 0 Å². The largest absolute Gasteiger partial charge is 0.309 e. The third-order valence-corrected chi connectivity index (χ3v) is 11.8. The fourth-order valence-electron chi connectivity index (χ4n) is 9.25. The molecule has 0 aliphatic heterocycles. The summed E-state index contributed by atoms with van der Waals surface area (Å²) in [5.74, 6) is 0. The number of benzene rings is 9. The quantitative estimate of drug-likeness (QED) is 0.168. The third-order valence-electron chi connectivity index (χ3n) is 11.8. The summed E-state index contributed by atoms with van der Waals surface area (Å²) in [6.07, 6.45) is 0. The summed E-state index contributed by atoms with van der Waals surface area (Å²) in [6.45, 7) is 0. The van der Waals surface area contributed by atoms with Crippen molar-refractivity contribution in [3.63, 3.8) is 0 Å². The summed E-state index contributed by atoms with van der Waals surface area (Å²) in [6, 6.07) is 77.4. The molecule has 0 atom stereocenters. The lowest BCUT2D eigenvalue weighted by atomic mass is 10.0. The molecule has 0 N–H and O–H groups in total. The molecular formula is C54H35N3. The lowest BCUT2D eigenvalue weighted by Crippen LogP contribution is -1.95. The van der Waals surface area contributed by atoms with Gasteiger partial charge in [-0.05, 0) is 95.1 Å². The lowest BCUT2D eigenvalue weighted by molar-refractivity contribution is 1.17. The molecule has 3 nitrogen and oxygen atoms in total. The Kier molecular flexibility index (Phi) is 6.93. The maximum Gasteiger partial charge on any atom is 0.0548 e. The van der Waals surface area contributed by atoms with E-state index in [-0.39, 0.29) is 0 Å². The van der Waals surface area contributed by atoms with Crippen LogP contribution in [0.4, 0.5) is 0 Å². The van der Waals surface area contributed by atoms with Crippen LogP contribution in [0.1, 0.15) is 0 Å². The van der Waals surface area contributed by atoms with Gasteiger partial charge in [0.15, 0.2) is 0 Å². The highest BCUT2D eigenvalue weighted by Crippen LogP contribution is 2.41. The number of para-hydroxylation sites is 4. The maximum absolute atomic E-state index is 2.44. The summed E-state index contributed by atoms with van der Waals surface area (Å²) < 4.78 is 7.26. The fourth-order valence-corrected chi connectivity index (χ4v) is 9.25. The van der Waals surface area contributed by atoms with Crippen LogP contribution in [0, 0.1) is 0 Å². The smallest absolute Gasteiger partial charge is 0.0548 e. The first-order valence-corrected chi connectivity index (χ1v) is 19.6. The predicted molar refractivity (Wildman–Crippen MR) is 240 cm³/mol. The first kappa shape index (κ1) is 31.7. The Morgan fingerprint density at radius 3 is 1.19 bits per heavy atom. The van der Waals surface area contributed by atoms with E-state index in [9.17, 15) is 0 Å². The summed E-state index contributed by atoms with van der Waals surface area (Å²) in [5, 5.41) is 7.50. The van der Waals surface area contributed by atoms with Crippen LogP contribution < -0.4 is 0 Å². The van der Waals surface area contributed by atoms with Crippen molar-refractivity contribution in [1.82, 2.24) is 13.7 Å². The molecule has 0 aliphatic rings. The standard InChI is InChI=1S/C54H35N3/c1-3-14-36(15-4-1)38-16-13-19-42(32-38)57-51-25-12-9-22-45(51)48-34-53-47(35-54(48)57)44-21-8-11-24-50(44)56(53)41-29-26-37(27-30-41)39-28-31-46-43-20-7-10-23-49(43)55(52(46)33-39)40-17-5-2-6-18-40/h1-35H. The van der Waals surface area contributed by atoms with E-state index in [1.165, 1.54) is 93.4 Å². The highest BCUT2D eigenvalue weighted by atomic mass is 15.0. The topological polar surface area (TPSA) is 14.8 Å². The highest BCUT2D eigenvalue weighted by Gasteiger charge is 2.19. The molecule has 3 heteroatoms. The number of fused-ring (bicyclic) bond motifs is 9. The van der Waals surface area contributed by atoms with Gasteiger partial charge >= 0.3 is 0 Å². The number of aromatic nitrogens is 3. The van der Waals surface area contributed by atoms with Crippen molar-refractivity contribution in [2.75, 3.05) is 0 Å². The summed E-state index contributed by atoms with van der Waals surface area (Å²) >= 11 is 0. The molecular weight excluding hydrogens is 691 g/mol. The Morgan fingerprint density at radius 1 is 0.193 bits per heavy atom. The molecule has 9 aromatic carbocycles. The van der Waals surface area contributed by atoms with Gasteiger partial charge in [0.05, 0.1) is 33.1 Å². The normalized spacial score (nSPS) is 11.9. The van der Waals surface area contributed by atoms with Crippen LogP contribution in [0.25, 0.3) is 105 Å². The van der Waals surface area contributed by atoms with Crippen molar-refractivity contribution < 1.29 is 0 Å². The first-order chi connectivity index (χ1) is 28.3. The van der Waals surface area contributed by atoms with E-state index in [2.05, 4.69) is 226 Å². The minimum Gasteiger partial charge on any atom is -0.309 e. The van der Waals surface area contributed by atoms with Gasteiger partial charge in [0.2, 0.25) is 0 Å². The van der Waals surface area contributed by atoms with E-state index in [1.807, 2.05) is 0 Å². The second-order valence-corrected chi connectivity index (χ2v) is 15.0. The van der Waals surface area contributed by atoms with Crippen LogP contribution in [0.3, 0.4) is 0 Å². The van der Waals surface area contributed by atoms with Crippen molar-refractivity contribution in [3.8, 4) is 39.3 Å². The van der Waals surface area contributed by atoms with E-state index in [0.717, 1.165) is 11.4 Å². The zero-order valence-corrected chi connectivity index (χ0v) is 31.0. The predicted octanol–water partition coefficient (Wildman–Crippen LogP) is 14.3. The Balaban J connectivity index is 1.02. The van der Waals surface area contributed by atoms with Gasteiger partial charge in [-0.15, -0.1) is 0 Å². The molecule has 0 radical (unpaired) electrons. The van der Waals surface area contributed by atoms with Crippen molar-refractivity contribution in [3.05, 3.63) is 212 Å². The zero-order valence-electron chi connectivity index (χ0n) is 31.0. The van der Waals surface area contributed by atoms with Crippen molar-refractivity contribution >= 4 is 65.4 Å². The SMILES string of the molecule is c1ccc(-c2cccc(-n3c4ccccc4c4cc5c(cc43)c3ccccc3n5-c3ccc(-c4ccc5c6ccccc6n(-c6ccccc6)c5c4)cc3)c2)cc1. The Labute approximate surface area is 329 Å². The van der Waals surface area contributed by atoms with E-state index in [1.54, 1.807) is 0 Å². The minimum absolute atomic E-state index is 1.14. The summed E-state index contributed by atoms with van der Waals surface area (Å²) in [5.41, 5.74) is 15.5. The molecule has 0 amide bonds. The zero-order chi connectivity index (χ0) is 37.5. The average Bonchev–Trinajstić information content (AvgIpc) is 3.91. The number of hydrogen-bond donors (Lipinski definition) is 0. The molecule has 0 fully saturated rings. The average molecular weight is 726 g/mol. The molecule has 0 saturated heterocycles. The van der Waals surface area contributed by atoms with Gasteiger partial charge in [-0.1, -0.05) is 140 Å². The van der Waals surface area contributed by atoms with Crippen LogP contribution in [0.5, 0.6) is 0 Å². The van der Waals surface area contributed by atoms with Gasteiger partial charge in [-0.2, -0.15) is 0 Å². The second kappa shape index (κ2) is 12.5. The molecule has 3 heterocycles. The van der Waals surface area contributed by atoms with Gasteiger partial charge in [0.1, 0.15) is 0 Å². The van der Waals surface area contributed by atoms with Crippen LogP contribution in [0.15, 0.2) is 212 Å². The van der Waals surface area contributed by atoms with E-state index in [0.29, 0.717) is 0 Å². The van der Waals surface area contributed by atoms with E-state index >= 15 is 0 Å². The molecule has 12 aromatic rings. The molecule has 0 spiro atoms. The number of hydrogen-bond acceptors (Lipinski definition) is 0. The monoisotopic (exact) mass is 725 g/mol. The fraction of sp³-hybridized carbons (Fsp3) is 0. The van der Waals surface area contributed by atoms with E-state index in [4.69, 9.17) is 0 Å². The molecule has 0 unspecified atom stereocenters. The molecule has 0 bridgehead atoms. The maximum atomic E-state index is 2.44. The molecule has 266 valence electrons. The number of nitrogens with zero attached hydrogens (tertiary/aromatic N) is 3. The van der Waals surface area contributed by atoms with E-state index < -0.39 is 0 Å². The minimum atomic E-state index is 1.14. The Bertz CT molecular complexity index is 3490. The van der Waals surface area contributed by atoms with Crippen LogP contribution >= 0.6 is 0 Å².